The van der Waals surface area contributed by atoms with Crippen LogP contribution >= 0.6 is 0 Å². The highest BCUT2D eigenvalue weighted by Gasteiger charge is 2.35. The molecule has 150 valence electrons. The summed E-state index contributed by atoms with van der Waals surface area (Å²) in [6, 6.07) is 5.39. The Hall–Kier alpha value is -3.54. The zero-order valence-electron chi connectivity index (χ0n) is 15.5. The third-order valence-electron chi connectivity index (χ3n) is 4.09. The Labute approximate surface area is 163 Å². The number of ether oxygens (including phenoxy) is 2. The van der Waals surface area contributed by atoms with Gasteiger partial charge in [0.2, 0.25) is 5.69 Å². The SMILES string of the molecule is [C-]#[N+]c1cc2oc(C)c(C(=O)OCC)c2cc1OCc1cccnc1C(F)(F)F. The number of halogens is 3. The number of benzene rings is 1. The third-order valence-corrected chi connectivity index (χ3v) is 4.09. The average molecular weight is 404 g/mol. The summed E-state index contributed by atoms with van der Waals surface area (Å²) in [6.07, 6.45) is -3.59. The molecule has 0 fully saturated rings. The van der Waals surface area contributed by atoms with Crippen molar-refractivity contribution in [2.75, 3.05) is 6.61 Å². The molecule has 6 nitrogen and oxygen atoms in total. The molecule has 1 aromatic carbocycles. The van der Waals surface area contributed by atoms with E-state index in [-0.39, 0.29) is 34.8 Å². The van der Waals surface area contributed by atoms with E-state index in [0.29, 0.717) is 11.1 Å². The van der Waals surface area contributed by atoms with Crippen LogP contribution in [0.1, 0.15) is 34.3 Å². The maximum atomic E-state index is 13.1. The lowest BCUT2D eigenvalue weighted by atomic mass is 10.1. The molecule has 0 radical (unpaired) electrons. The van der Waals surface area contributed by atoms with Crippen LogP contribution in [0.5, 0.6) is 5.75 Å². The Morgan fingerprint density at radius 2 is 2.10 bits per heavy atom. The molecule has 29 heavy (non-hydrogen) atoms. The highest BCUT2D eigenvalue weighted by molar-refractivity contribution is 6.05. The number of nitrogens with zero attached hydrogens (tertiary/aromatic N) is 2. The Bertz CT molecular complexity index is 1110. The quantitative estimate of drug-likeness (QED) is 0.417. The molecule has 0 amide bonds. The molecular formula is C20H15F3N2O4. The smallest absolute Gasteiger partial charge is 0.433 e. The lowest BCUT2D eigenvalue weighted by Gasteiger charge is -2.13. The fourth-order valence-corrected chi connectivity index (χ4v) is 2.86. The first-order chi connectivity index (χ1) is 13.8. The molecule has 0 aliphatic carbocycles. The van der Waals surface area contributed by atoms with E-state index in [4.69, 9.17) is 20.5 Å². The maximum absolute atomic E-state index is 13.1. The summed E-state index contributed by atoms with van der Waals surface area (Å²) < 4.78 is 55.4. The van der Waals surface area contributed by atoms with Crippen LogP contribution in [-0.2, 0) is 17.5 Å². The van der Waals surface area contributed by atoms with Gasteiger partial charge in [0.25, 0.3) is 0 Å². The Morgan fingerprint density at radius 1 is 1.34 bits per heavy atom. The van der Waals surface area contributed by atoms with Gasteiger partial charge in [0.15, 0.2) is 5.69 Å². The van der Waals surface area contributed by atoms with Gasteiger partial charge >= 0.3 is 12.1 Å². The predicted molar refractivity (Wildman–Crippen MR) is 96.7 cm³/mol. The van der Waals surface area contributed by atoms with Crippen molar-refractivity contribution in [1.29, 1.82) is 0 Å². The molecule has 0 bridgehead atoms. The summed E-state index contributed by atoms with van der Waals surface area (Å²) in [5, 5.41) is 0.352. The largest absolute Gasteiger partial charge is 0.500 e. The number of alkyl halides is 3. The molecule has 2 aromatic heterocycles. The van der Waals surface area contributed by atoms with Gasteiger partial charge in [-0.05, 0) is 32.0 Å². The Morgan fingerprint density at radius 3 is 2.76 bits per heavy atom. The zero-order chi connectivity index (χ0) is 21.2. The van der Waals surface area contributed by atoms with Crippen molar-refractivity contribution >= 4 is 22.6 Å². The minimum atomic E-state index is -4.63. The van der Waals surface area contributed by atoms with Crippen molar-refractivity contribution < 1.29 is 31.9 Å². The lowest BCUT2D eigenvalue weighted by Crippen LogP contribution is -2.13. The van der Waals surface area contributed by atoms with E-state index in [9.17, 15) is 18.0 Å². The minimum Gasteiger partial charge on any atom is -0.500 e. The van der Waals surface area contributed by atoms with E-state index in [1.54, 1.807) is 13.8 Å². The van der Waals surface area contributed by atoms with Crippen molar-refractivity contribution in [1.82, 2.24) is 4.98 Å². The van der Waals surface area contributed by atoms with Gasteiger partial charge in [0.1, 0.15) is 29.3 Å². The van der Waals surface area contributed by atoms with Crippen molar-refractivity contribution in [3.63, 3.8) is 0 Å². The van der Waals surface area contributed by atoms with Crippen LogP contribution in [-0.4, -0.2) is 17.6 Å². The number of rotatable bonds is 5. The normalized spacial score (nSPS) is 11.3. The van der Waals surface area contributed by atoms with E-state index in [1.807, 2.05) is 0 Å². The highest BCUT2D eigenvalue weighted by atomic mass is 19.4. The van der Waals surface area contributed by atoms with Gasteiger partial charge in [-0.25, -0.2) is 9.64 Å². The third kappa shape index (κ3) is 4.01. The first-order valence-electron chi connectivity index (χ1n) is 8.51. The lowest BCUT2D eigenvalue weighted by molar-refractivity contribution is -0.142. The fourth-order valence-electron chi connectivity index (χ4n) is 2.86. The number of hydrogen-bond donors (Lipinski definition) is 0. The van der Waals surface area contributed by atoms with Gasteiger partial charge in [-0.2, -0.15) is 13.2 Å². The Balaban J connectivity index is 2.01. The van der Waals surface area contributed by atoms with Gasteiger partial charge < -0.3 is 13.9 Å². The predicted octanol–water partition coefficient (Wildman–Crippen LogP) is 5.46. The monoisotopic (exact) mass is 404 g/mol. The molecule has 0 atom stereocenters. The number of hydrogen-bond acceptors (Lipinski definition) is 5. The molecule has 0 aliphatic rings. The first kappa shape index (κ1) is 20.2. The van der Waals surface area contributed by atoms with Crippen LogP contribution in [0.25, 0.3) is 15.8 Å². The summed E-state index contributed by atoms with van der Waals surface area (Å²) in [6.45, 7) is 10.3. The zero-order valence-corrected chi connectivity index (χ0v) is 15.5. The van der Waals surface area contributed by atoms with Crippen LogP contribution in [0.2, 0.25) is 0 Å². The van der Waals surface area contributed by atoms with Gasteiger partial charge in [0, 0.05) is 17.1 Å². The second kappa shape index (κ2) is 7.83. The second-order valence-electron chi connectivity index (χ2n) is 5.98. The van der Waals surface area contributed by atoms with Crippen molar-refractivity contribution in [2.45, 2.75) is 26.6 Å². The molecule has 0 spiro atoms. The molecule has 9 heteroatoms. The number of furan rings is 1. The fraction of sp³-hybridized carbons (Fsp3) is 0.250. The summed E-state index contributed by atoms with van der Waals surface area (Å²) >= 11 is 0. The molecule has 3 aromatic rings. The average Bonchev–Trinajstić information content (AvgIpc) is 2.99. The van der Waals surface area contributed by atoms with Crippen LogP contribution in [0, 0.1) is 13.5 Å². The van der Waals surface area contributed by atoms with Gasteiger partial charge in [-0.3, -0.25) is 4.98 Å². The van der Waals surface area contributed by atoms with E-state index in [2.05, 4.69) is 9.83 Å². The molecular weight excluding hydrogens is 389 g/mol. The van der Waals surface area contributed by atoms with E-state index in [0.717, 1.165) is 6.20 Å². The molecule has 0 unspecified atom stereocenters. The van der Waals surface area contributed by atoms with Crippen molar-refractivity contribution in [3.8, 4) is 5.75 Å². The molecule has 0 saturated carbocycles. The van der Waals surface area contributed by atoms with Gasteiger partial charge in [0.05, 0.1) is 13.2 Å². The number of esters is 1. The first-order valence-corrected chi connectivity index (χ1v) is 8.51. The summed E-state index contributed by atoms with van der Waals surface area (Å²) in [5.41, 5.74) is -0.734. The minimum absolute atomic E-state index is 0.0239. The van der Waals surface area contributed by atoms with E-state index >= 15 is 0 Å². The highest BCUT2D eigenvalue weighted by Crippen LogP contribution is 2.38. The number of aromatic nitrogens is 1. The number of carbonyl (C=O) groups excluding carboxylic acids is 1. The standard InChI is InChI=1S/C20H15F3N2O4/c1-4-27-19(26)17-11(2)29-15-9-14(24-3)16(8-13(15)17)28-10-12-6-5-7-25-18(12)20(21,22)23/h5-9H,4,10H2,1-2H3. The van der Waals surface area contributed by atoms with Crippen LogP contribution in [0.3, 0.4) is 0 Å². The molecule has 0 N–H and O–H groups in total. The van der Waals surface area contributed by atoms with Crippen molar-refractivity contribution in [3.05, 3.63) is 64.5 Å². The number of aryl methyl sites for hydroxylation is 1. The maximum Gasteiger partial charge on any atom is 0.433 e. The summed E-state index contributed by atoms with van der Waals surface area (Å²) in [5.74, 6) is -0.272. The van der Waals surface area contributed by atoms with E-state index < -0.39 is 24.4 Å². The number of fused-ring (bicyclic) bond motifs is 1. The molecule has 0 aliphatic heterocycles. The molecule has 0 saturated heterocycles. The Kier molecular flexibility index (Phi) is 5.46. The van der Waals surface area contributed by atoms with Crippen LogP contribution in [0.4, 0.5) is 18.9 Å². The van der Waals surface area contributed by atoms with Crippen LogP contribution in [0.15, 0.2) is 34.9 Å². The van der Waals surface area contributed by atoms with Gasteiger partial charge in [-0.1, -0.05) is 6.07 Å². The van der Waals surface area contributed by atoms with Crippen LogP contribution < -0.4 is 4.74 Å². The second-order valence-corrected chi connectivity index (χ2v) is 5.98. The summed E-state index contributed by atoms with van der Waals surface area (Å²) in [4.78, 5) is 18.9. The van der Waals surface area contributed by atoms with Gasteiger partial charge in [-0.15, -0.1) is 0 Å². The van der Waals surface area contributed by atoms with Crippen molar-refractivity contribution in [2.24, 2.45) is 0 Å². The summed E-state index contributed by atoms with van der Waals surface area (Å²) in [7, 11) is 0. The number of pyridine rings is 1. The molecule has 2 heterocycles. The number of carbonyl (C=O) groups is 1. The van der Waals surface area contributed by atoms with E-state index in [1.165, 1.54) is 24.3 Å². The molecule has 3 rings (SSSR count). The topological polar surface area (TPSA) is 65.9 Å².